The molecule has 0 aromatic heterocycles. The first-order chi connectivity index (χ1) is 15.0. The summed E-state index contributed by atoms with van der Waals surface area (Å²) in [6, 6.07) is 22.0. The average Bonchev–Trinajstić information content (AvgIpc) is 2.76. The Hall–Kier alpha value is -2.33. The summed E-state index contributed by atoms with van der Waals surface area (Å²) in [6.07, 6.45) is 2.05. The Morgan fingerprint density at radius 1 is 1.03 bits per heavy atom. The van der Waals surface area contributed by atoms with Crippen LogP contribution in [0.15, 0.2) is 66.7 Å². The third-order valence-corrected chi connectivity index (χ3v) is 6.41. The highest BCUT2D eigenvalue weighted by atomic mass is 35.5. The lowest BCUT2D eigenvalue weighted by atomic mass is 10.0. The van der Waals surface area contributed by atoms with Crippen molar-refractivity contribution in [3.05, 3.63) is 93.5 Å². The molecule has 5 heteroatoms. The Morgan fingerprint density at radius 3 is 2.65 bits per heavy atom. The van der Waals surface area contributed by atoms with Crippen LogP contribution in [0.5, 0.6) is 0 Å². The number of piperidine rings is 1. The molecule has 1 aliphatic rings. The van der Waals surface area contributed by atoms with Crippen LogP contribution in [0, 0.1) is 6.92 Å². The summed E-state index contributed by atoms with van der Waals surface area (Å²) in [4.78, 5) is 15.0. The average molecular weight is 453 g/mol. The SMILES string of the molecule is Cc1ccc(-c2cccc(CN3CCCC(NC(=O)c4cccc(Cl)c4)C3)c2)cc1Cl. The maximum absolute atomic E-state index is 12.6. The number of nitrogens with zero attached hydrogens (tertiary/aromatic N) is 1. The smallest absolute Gasteiger partial charge is 0.251 e. The fourth-order valence-corrected chi connectivity index (χ4v) is 4.47. The Morgan fingerprint density at radius 2 is 1.84 bits per heavy atom. The number of rotatable bonds is 5. The third kappa shape index (κ3) is 5.68. The molecule has 0 saturated carbocycles. The van der Waals surface area contributed by atoms with E-state index in [1.54, 1.807) is 24.3 Å². The van der Waals surface area contributed by atoms with Gasteiger partial charge in [0.15, 0.2) is 0 Å². The zero-order valence-corrected chi connectivity index (χ0v) is 19.1. The number of hydrogen-bond donors (Lipinski definition) is 1. The second-order valence-corrected chi connectivity index (χ2v) is 9.07. The fraction of sp³-hybridized carbons (Fsp3) is 0.269. The minimum atomic E-state index is -0.0624. The minimum Gasteiger partial charge on any atom is -0.348 e. The largest absolute Gasteiger partial charge is 0.348 e. The molecule has 3 nitrogen and oxygen atoms in total. The summed E-state index contributed by atoms with van der Waals surface area (Å²) < 4.78 is 0. The lowest BCUT2D eigenvalue weighted by Crippen LogP contribution is -2.47. The molecular formula is C26H26Cl2N2O. The molecule has 1 unspecified atom stereocenters. The van der Waals surface area contributed by atoms with Crippen LogP contribution in [-0.4, -0.2) is 29.9 Å². The molecule has 1 amide bonds. The van der Waals surface area contributed by atoms with Crippen LogP contribution in [0.4, 0.5) is 0 Å². The summed E-state index contributed by atoms with van der Waals surface area (Å²) in [5, 5.41) is 4.54. The summed E-state index contributed by atoms with van der Waals surface area (Å²) in [5.74, 6) is -0.0624. The van der Waals surface area contributed by atoms with Crippen molar-refractivity contribution in [2.75, 3.05) is 13.1 Å². The zero-order valence-electron chi connectivity index (χ0n) is 17.6. The van der Waals surface area contributed by atoms with Crippen molar-refractivity contribution in [3.8, 4) is 11.1 Å². The first kappa shape index (κ1) is 21.9. The van der Waals surface area contributed by atoms with Crippen LogP contribution in [-0.2, 0) is 6.54 Å². The van der Waals surface area contributed by atoms with Crippen molar-refractivity contribution in [1.82, 2.24) is 10.2 Å². The fourth-order valence-electron chi connectivity index (χ4n) is 4.10. The molecule has 1 aliphatic heterocycles. The van der Waals surface area contributed by atoms with Gasteiger partial charge in [-0.15, -0.1) is 0 Å². The first-order valence-electron chi connectivity index (χ1n) is 10.6. The van der Waals surface area contributed by atoms with E-state index in [1.807, 2.05) is 13.0 Å². The molecule has 4 rings (SSSR count). The van der Waals surface area contributed by atoms with Gasteiger partial charge in [-0.3, -0.25) is 9.69 Å². The standard InChI is InChI=1S/C26H26Cl2N2O/c1-18-10-11-21(15-25(18)28)20-6-2-5-19(13-20)16-30-12-4-9-24(17-30)29-26(31)22-7-3-8-23(27)14-22/h2-3,5-8,10-11,13-15,24H,4,9,12,16-17H2,1H3,(H,29,31). The van der Waals surface area contributed by atoms with Crippen LogP contribution in [0.2, 0.25) is 10.0 Å². The number of aryl methyl sites for hydroxylation is 1. The summed E-state index contributed by atoms with van der Waals surface area (Å²) in [6.45, 7) is 4.74. The van der Waals surface area contributed by atoms with Crippen LogP contribution in [0.25, 0.3) is 11.1 Å². The van der Waals surface area contributed by atoms with Crippen molar-refractivity contribution in [2.24, 2.45) is 0 Å². The van der Waals surface area contributed by atoms with Gasteiger partial charge in [0.25, 0.3) is 5.91 Å². The van der Waals surface area contributed by atoms with Crippen molar-refractivity contribution in [1.29, 1.82) is 0 Å². The van der Waals surface area contributed by atoms with E-state index in [-0.39, 0.29) is 11.9 Å². The van der Waals surface area contributed by atoms with Crippen molar-refractivity contribution < 1.29 is 4.79 Å². The number of nitrogens with one attached hydrogen (secondary N) is 1. The number of halogens is 2. The van der Waals surface area contributed by atoms with Gasteiger partial charge in [0.1, 0.15) is 0 Å². The van der Waals surface area contributed by atoms with Gasteiger partial charge in [-0.05, 0) is 78.9 Å². The normalized spacial score (nSPS) is 16.8. The maximum Gasteiger partial charge on any atom is 0.251 e. The van der Waals surface area contributed by atoms with Gasteiger partial charge in [-0.1, -0.05) is 59.6 Å². The topological polar surface area (TPSA) is 32.3 Å². The van der Waals surface area contributed by atoms with Gasteiger partial charge in [-0.25, -0.2) is 0 Å². The molecule has 31 heavy (non-hydrogen) atoms. The molecule has 0 bridgehead atoms. The summed E-state index contributed by atoms with van der Waals surface area (Å²) >= 11 is 12.3. The molecule has 3 aromatic rings. The highest BCUT2D eigenvalue weighted by molar-refractivity contribution is 6.31. The molecule has 3 aromatic carbocycles. The van der Waals surface area contributed by atoms with Crippen molar-refractivity contribution >= 4 is 29.1 Å². The number of carbonyl (C=O) groups is 1. The van der Waals surface area contributed by atoms with Gasteiger partial charge in [0.2, 0.25) is 0 Å². The lowest BCUT2D eigenvalue weighted by molar-refractivity contribution is 0.0901. The minimum absolute atomic E-state index is 0.0624. The molecule has 0 spiro atoms. The third-order valence-electron chi connectivity index (χ3n) is 5.77. The van der Waals surface area contributed by atoms with Crippen molar-refractivity contribution in [2.45, 2.75) is 32.4 Å². The van der Waals surface area contributed by atoms with E-state index in [2.05, 4.69) is 46.6 Å². The van der Waals surface area contributed by atoms with Gasteiger partial charge in [0.05, 0.1) is 0 Å². The number of likely N-dealkylation sites (tertiary alicyclic amines) is 1. The van der Waals surface area contributed by atoms with Gasteiger partial charge in [-0.2, -0.15) is 0 Å². The van der Waals surface area contributed by atoms with E-state index in [0.29, 0.717) is 10.6 Å². The Labute approximate surface area is 194 Å². The predicted octanol–water partition coefficient (Wildman–Crippen LogP) is 6.36. The monoisotopic (exact) mass is 452 g/mol. The highest BCUT2D eigenvalue weighted by Gasteiger charge is 2.22. The van der Waals surface area contributed by atoms with Gasteiger partial charge < -0.3 is 5.32 Å². The second-order valence-electron chi connectivity index (χ2n) is 8.22. The molecule has 1 saturated heterocycles. The Kier molecular flexibility index (Phi) is 6.96. The van der Waals surface area contributed by atoms with Gasteiger partial charge >= 0.3 is 0 Å². The Balaban J connectivity index is 1.40. The second kappa shape index (κ2) is 9.86. The lowest BCUT2D eigenvalue weighted by Gasteiger charge is -2.33. The molecule has 0 radical (unpaired) electrons. The number of carbonyl (C=O) groups excluding carboxylic acids is 1. The number of benzene rings is 3. The molecule has 0 aliphatic carbocycles. The zero-order chi connectivity index (χ0) is 21.8. The molecule has 1 fully saturated rings. The first-order valence-corrected chi connectivity index (χ1v) is 11.4. The molecule has 160 valence electrons. The van der Waals surface area contributed by atoms with Crippen LogP contribution in [0.3, 0.4) is 0 Å². The van der Waals surface area contributed by atoms with E-state index < -0.39 is 0 Å². The highest BCUT2D eigenvalue weighted by Crippen LogP contribution is 2.26. The molecule has 1 atom stereocenters. The summed E-state index contributed by atoms with van der Waals surface area (Å²) in [7, 11) is 0. The van der Waals surface area contributed by atoms with Crippen LogP contribution in [0.1, 0.15) is 34.3 Å². The quantitative estimate of drug-likeness (QED) is 0.487. The van der Waals surface area contributed by atoms with E-state index in [9.17, 15) is 4.79 Å². The number of hydrogen-bond acceptors (Lipinski definition) is 2. The van der Waals surface area contributed by atoms with Crippen molar-refractivity contribution in [3.63, 3.8) is 0 Å². The number of amides is 1. The van der Waals surface area contributed by atoms with E-state index in [1.165, 1.54) is 11.1 Å². The molecular weight excluding hydrogens is 427 g/mol. The van der Waals surface area contributed by atoms with E-state index in [4.69, 9.17) is 23.2 Å². The summed E-state index contributed by atoms with van der Waals surface area (Å²) in [5.41, 5.74) is 5.25. The molecule has 1 heterocycles. The van der Waals surface area contributed by atoms with Crippen LogP contribution < -0.4 is 5.32 Å². The molecule has 1 N–H and O–H groups in total. The van der Waals surface area contributed by atoms with Crippen LogP contribution >= 0.6 is 23.2 Å². The maximum atomic E-state index is 12.6. The van der Waals surface area contributed by atoms with E-state index in [0.717, 1.165) is 48.6 Å². The van der Waals surface area contributed by atoms with E-state index >= 15 is 0 Å². The predicted molar refractivity (Wildman–Crippen MR) is 129 cm³/mol. The Bertz CT molecular complexity index is 1080. The van der Waals surface area contributed by atoms with Gasteiger partial charge in [0, 0.05) is 34.7 Å².